The number of hydrogen-bond acceptors (Lipinski definition) is 7. The zero-order valence-electron chi connectivity index (χ0n) is 14.8. The Morgan fingerprint density at radius 2 is 2.04 bits per heavy atom. The number of carbonyl (C=O) groups is 1. The van der Waals surface area contributed by atoms with Crippen molar-refractivity contribution in [3.05, 3.63) is 68.7 Å². The molecule has 0 radical (unpaired) electrons. The lowest BCUT2D eigenvalue weighted by atomic mass is 10.1. The predicted octanol–water partition coefficient (Wildman–Crippen LogP) is 2.93. The highest BCUT2D eigenvalue weighted by Crippen LogP contribution is 2.19. The zero-order valence-corrected chi connectivity index (χ0v) is 15.6. The van der Waals surface area contributed by atoms with Crippen molar-refractivity contribution in [2.24, 2.45) is 0 Å². The predicted molar refractivity (Wildman–Crippen MR) is 102 cm³/mol. The van der Waals surface area contributed by atoms with Gasteiger partial charge in [-0.05, 0) is 25.5 Å². The average molecular weight is 380 g/mol. The second kappa shape index (κ2) is 6.88. The molecule has 0 spiro atoms. The van der Waals surface area contributed by atoms with Gasteiger partial charge < -0.3 is 4.74 Å². The lowest BCUT2D eigenvalue weighted by molar-refractivity contribution is 0.0470. The molecule has 0 aliphatic heterocycles. The van der Waals surface area contributed by atoms with Crippen LogP contribution in [0.2, 0.25) is 0 Å². The van der Waals surface area contributed by atoms with Crippen LogP contribution in [0.25, 0.3) is 15.9 Å². The van der Waals surface area contributed by atoms with E-state index in [2.05, 4.69) is 15.1 Å². The van der Waals surface area contributed by atoms with Crippen molar-refractivity contribution in [1.29, 1.82) is 0 Å². The second-order valence-corrected chi connectivity index (χ2v) is 7.07. The van der Waals surface area contributed by atoms with Gasteiger partial charge in [0.05, 0.1) is 16.8 Å². The minimum Gasteiger partial charge on any atom is -0.456 e. The van der Waals surface area contributed by atoms with Crippen LogP contribution in [0.3, 0.4) is 0 Å². The van der Waals surface area contributed by atoms with E-state index in [9.17, 15) is 9.59 Å². The first-order chi connectivity index (χ1) is 13.0. The molecule has 1 aromatic carbocycles. The molecule has 4 aromatic rings. The lowest BCUT2D eigenvalue weighted by Gasteiger charge is -2.08. The Morgan fingerprint density at radius 3 is 2.85 bits per heavy atom. The number of aromatic nitrogens is 4. The van der Waals surface area contributed by atoms with Gasteiger partial charge >= 0.3 is 5.97 Å². The van der Waals surface area contributed by atoms with Crippen LogP contribution in [0, 0.1) is 6.92 Å². The molecule has 0 N–H and O–H groups in total. The van der Waals surface area contributed by atoms with Gasteiger partial charge in [-0.15, -0.1) is 0 Å². The molecule has 0 fully saturated rings. The van der Waals surface area contributed by atoms with Crippen molar-refractivity contribution in [1.82, 2.24) is 19.6 Å². The van der Waals surface area contributed by atoms with Gasteiger partial charge in [-0.2, -0.15) is 9.61 Å². The molecule has 0 saturated carbocycles. The third kappa shape index (κ3) is 3.31. The Balaban J connectivity index is 1.61. The minimum absolute atomic E-state index is 0.0837. The summed E-state index contributed by atoms with van der Waals surface area (Å²) >= 11 is 1.35. The van der Waals surface area contributed by atoms with E-state index in [1.807, 2.05) is 38.1 Å². The molecule has 4 rings (SSSR count). The SMILES string of the molecule is CCc1nn2c(=O)cc(COC(=O)c3cc(C)nc4ccccc34)nc2s1. The molecule has 0 unspecified atom stereocenters. The van der Waals surface area contributed by atoms with Crippen molar-refractivity contribution in [3.8, 4) is 0 Å². The first-order valence-electron chi connectivity index (χ1n) is 8.47. The molecule has 3 heterocycles. The number of nitrogens with zero attached hydrogens (tertiary/aromatic N) is 4. The molecule has 27 heavy (non-hydrogen) atoms. The summed E-state index contributed by atoms with van der Waals surface area (Å²) in [7, 11) is 0. The summed E-state index contributed by atoms with van der Waals surface area (Å²) in [6.07, 6.45) is 0.728. The number of para-hydroxylation sites is 1. The molecule has 0 aliphatic carbocycles. The van der Waals surface area contributed by atoms with E-state index in [1.165, 1.54) is 21.9 Å². The molecule has 0 bridgehead atoms. The first-order valence-corrected chi connectivity index (χ1v) is 9.29. The minimum atomic E-state index is -0.475. The van der Waals surface area contributed by atoms with E-state index in [1.54, 1.807) is 6.07 Å². The highest BCUT2D eigenvalue weighted by atomic mass is 32.1. The van der Waals surface area contributed by atoms with Crippen molar-refractivity contribution in [2.45, 2.75) is 26.9 Å². The number of esters is 1. The fourth-order valence-corrected chi connectivity index (χ4v) is 3.66. The maximum Gasteiger partial charge on any atom is 0.339 e. The van der Waals surface area contributed by atoms with E-state index in [-0.39, 0.29) is 12.2 Å². The number of aryl methyl sites for hydroxylation is 2. The Labute approximate surface area is 158 Å². The third-order valence-corrected chi connectivity index (χ3v) is 5.11. The van der Waals surface area contributed by atoms with Crippen molar-refractivity contribution < 1.29 is 9.53 Å². The summed E-state index contributed by atoms with van der Waals surface area (Å²) < 4.78 is 6.69. The van der Waals surface area contributed by atoms with Gasteiger partial charge in [-0.1, -0.05) is 36.5 Å². The smallest absolute Gasteiger partial charge is 0.339 e. The van der Waals surface area contributed by atoms with Crippen LogP contribution in [0.4, 0.5) is 0 Å². The normalized spacial score (nSPS) is 11.2. The highest BCUT2D eigenvalue weighted by molar-refractivity contribution is 7.16. The fraction of sp³-hybridized carbons (Fsp3) is 0.211. The number of fused-ring (bicyclic) bond motifs is 2. The zero-order chi connectivity index (χ0) is 19.0. The number of hydrogen-bond donors (Lipinski definition) is 0. The summed E-state index contributed by atoms with van der Waals surface area (Å²) in [4.78, 5) is 34.1. The van der Waals surface area contributed by atoms with Gasteiger partial charge in [0.15, 0.2) is 0 Å². The quantitative estimate of drug-likeness (QED) is 0.506. The molecular formula is C19H16N4O3S. The monoisotopic (exact) mass is 380 g/mol. The molecule has 0 aliphatic rings. The van der Waals surface area contributed by atoms with Crippen molar-refractivity contribution in [3.63, 3.8) is 0 Å². The number of carbonyl (C=O) groups excluding carboxylic acids is 1. The average Bonchev–Trinajstić information content (AvgIpc) is 3.09. The molecule has 7 nitrogen and oxygen atoms in total. The Hall–Kier alpha value is -3.13. The molecule has 3 aromatic heterocycles. The van der Waals surface area contributed by atoms with Crippen LogP contribution >= 0.6 is 11.3 Å². The van der Waals surface area contributed by atoms with E-state index < -0.39 is 5.97 Å². The molecule has 0 amide bonds. The third-order valence-electron chi connectivity index (χ3n) is 4.06. The Kier molecular flexibility index (Phi) is 4.41. The van der Waals surface area contributed by atoms with Gasteiger partial charge in [-0.25, -0.2) is 9.78 Å². The number of pyridine rings is 1. The van der Waals surface area contributed by atoms with Gasteiger partial charge in [0.25, 0.3) is 5.56 Å². The fourth-order valence-electron chi connectivity index (χ4n) is 2.81. The van der Waals surface area contributed by atoms with E-state index >= 15 is 0 Å². The summed E-state index contributed by atoms with van der Waals surface area (Å²) in [6.45, 7) is 3.71. The highest BCUT2D eigenvalue weighted by Gasteiger charge is 2.15. The first kappa shape index (κ1) is 17.3. The van der Waals surface area contributed by atoms with E-state index in [0.717, 1.165) is 28.0 Å². The number of benzene rings is 1. The standard InChI is InChI=1S/C19H16N4O3S/c1-3-16-22-23-17(24)9-12(21-19(23)27-16)10-26-18(25)14-8-11(2)20-15-7-5-4-6-13(14)15/h4-9H,3,10H2,1-2H3. The van der Waals surface area contributed by atoms with Crippen LogP contribution in [0.1, 0.15) is 33.7 Å². The van der Waals surface area contributed by atoms with Gasteiger partial charge in [0, 0.05) is 17.1 Å². The van der Waals surface area contributed by atoms with Crippen LogP contribution in [0.5, 0.6) is 0 Å². The van der Waals surface area contributed by atoms with Crippen LogP contribution < -0.4 is 5.56 Å². The lowest BCUT2D eigenvalue weighted by Crippen LogP contribution is -2.16. The molecule has 136 valence electrons. The molecule has 0 atom stereocenters. The molecule has 0 saturated heterocycles. The number of rotatable bonds is 4. The van der Waals surface area contributed by atoms with Crippen molar-refractivity contribution in [2.75, 3.05) is 0 Å². The Bertz CT molecular complexity index is 1230. The van der Waals surface area contributed by atoms with Crippen LogP contribution in [-0.4, -0.2) is 25.6 Å². The van der Waals surface area contributed by atoms with Gasteiger partial charge in [-0.3, -0.25) is 9.78 Å². The maximum atomic E-state index is 12.6. The topological polar surface area (TPSA) is 86.5 Å². The summed E-state index contributed by atoms with van der Waals surface area (Å²) in [6, 6.07) is 10.4. The Morgan fingerprint density at radius 1 is 1.22 bits per heavy atom. The summed E-state index contributed by atoms with van der Waals surface area (Å²) in [5, 5.41) is 5.76. The summed E-state index contributed by atoms with van der Waals surface area (Å²) in [5.74, 6) is -0.475. The number of ether oxygens (including phenoxy) is 1. The summed E-state index contributed by atoms with van der Waals surface area (Å²) in [5.41, 5.74) is 2.03. The maximum absolute atomic E-state index is 12.6. The molecular weight excluding hydrogens is 364 g/mol. The van der Waals surface area contributed by atoms with Gasteiger partial charge in [0.1, 0.15) is 11.6 Å². The van der Waals surface area contributed by atoms with Crippen LogP contribution in [0.15, 0.2) is 41.2 Å². The van der Waals surface area contributed by atoms with Crippen molar-refractivity contribution >= 4 is 33.2 Å². The second-order valence-electron chi connectivity index (χ2n) is 6.03. The molecule has 8 heteroatoms. The van der Waals surface area contributed by atoms with Gasteiger partial charge in [0.2, 0.25) is 4.96 Å². The largest absolute Gasteiger partial charge is 0.456 e. The van der Waals surface area contributed by atoms with E-state index in [4.69, 9.17) is 4.74 Å². The van der Waals surface area contributed by atoms with E-state index in [0.29, 0.717) is 16.2 Å². The van der Waals surface area contributed by atoms with Crippen LogP contribution in [-0.2, 0) is 17.8 Å².